The molecule has 0 saturated heterocycles. The van der Waals surface area contributed by atoms with E-state index in [-0.39, 0.29) is 0 Å². The van der Waals surface area contributed by atoms with Crippen LogP contribution < -0.4 is 5.43 Å². The van der Waals surface area contributed by atoms with E-state index < -0.39 is 23.3 Å². The molecule has 1 heterocycles. The van der Waals surface area contributed by atoms with Crippen molar-refractivity contribution in [2.75, 3.05) is 0 Å². The third-order valence-electron chi connectivity index (χ3n) is 1.91. The first-order valence-electron chi connectivity index (χ1n) is 3.62. The van der Waals surface area contributed by atoms with Gasteiger partial charge in [-0.05, 0) is 6.92 Å². The van der Waals surface area contributed by atoms with E-state index in [0.29, 0.717) is 5.69 Å². The van der Waals surface area contributed by atoms with E-state index >= 15 is 0 Å². The van der Waals surface area contributed by atoms with Crippen LogP contribution in [0, 0.1) is 6.92 Å². The molecule has 1 aromatic heterocycles. The number of aromatic hydroxyl groups is 1. The summed E-state index contributed by atoms with van der Waals surface area (Å²) in [6.07, 6.45) is -2.85. The second-order valence-corrected chi connectivity index (χ2v) is 2.74. The minimum atomic E-state index is -2.85. The molecule has 0 saturated carbocycles. The summed E-state index contributed by atoms with van der Waals surface area (Å²) >= 11 is 0. The first-order chi connectivity index (χ1) is 5.95. The lowest BCUT2D eigenvalue weighted by atomic mass is 10.2. The van der Waals surface area contributed by atoms with Crippen molar-refractivity contribution in [2.45, 2.75) is 13.3 Å². The van der Waals surface area contributed by atoms with Crippen LogP contribution in [0.4, 0.5) is 8.78 Å². The molecule has 5 heteroatoms. The summed E-state index contributed by atoms with van der Waals surface area (Å²) in [6, 6.07) is 1.11. The molecule has 13 heavy (non-hydrogen) atoms. The molecule has 0 bridgehead atoms. The molecule has 0 aromatic carbocycles. The summed E-state index contributed by atoms with van der Waals surface area (Å²) in [5.41, 5.74) is -1.02. The van der Waals surface area contributed by atoms with E-state index in [0.717, 1.165) is 10.6 Å². The molecule has 0 radical (unpaired) electrons. The van der Waals surface area contributed by atoms with Crippen LogP contribution in [0.1, 0.15) is 17.8 Å². The van der Waals surface area contributed by atoms with Crippen LogP contribution in [0.5, 0.6) is 5.75 Å². The Bertz CT molecular complexity index is 384. The predicted molar refractivity (Wildman–Crippen MR) is 43.0 cm³/mol. The molecular formula is C8H9F2NO2. The van der Waals surface area contributed by atoms with Gasteiger partial charge in [0.05, 0.1) is 0 Å². The highest BCUT2D eigenvalue weighted by Gasteiger charge is 2.19. The number of aryl methyl sites for hydroxylation is 1. The Labute approximate surface area is 73.2 Å². The lowest BCUT2D eigenvalue weighted by Crippen LogP contribution is -2.13. The second-order valence-electron chi connectivity index (χ2n) is 2.74. The lowest BCUT2D eigenvalue weighted by molar-refractivity contribution is 0.136. The minimum absolute atomic E-state index is 0.387. The zero-order chi connectivity index (χ0) is 10.2. The van der Waals surface area contributed by atoms with Crippen molar-refractivity contribution in [3.63, 3.8) is 0 Å². The van der Waals surface area contributed by atoms with Crippen LogP contribution in [-0.2, 0) is 7.05 Å². The number of halogens is 2. The van der Waals surface area contributed by atoms with E-state index in [9.17, 15) is 13.6 Å². The molecule has 1 N–H and O–H groups in total. The Morgan fingerprint density at radius 2 is 2.08 bits per heavy atom. The fraction of sp³-hybridized carbons (Fsp3) is 0.375. The highest BCUT2D eigenvalue weighted by molar-refractivity contribution is 5.30. The normalized spacial score (nSPS) is 10.8. The van der Waals surface area contributed by atoms with E-state index in [1.165, 1.54) is 14.0 Å². The number of hydrogen-bond acceptors (Lipinski definition) is 2. The van der Waals surface area contributed by atoms with Gasteiger partial charge in [0.25, 0.3) is 6.43 Å². The van der Waals surface area contributed by atoms with Gasteiger partial charge < -0.3 is 9.67 Å². The highest BCUT2D eigenvalue weighted by Crippen LogP contribution is 2.24. The van der Waals surface area contributed by atoms with Gasteiger partial charge in [-0.2, -0.15) is 0 Å². The maximum atomic E-state index is 12.3. The van der Waals surface area contributed by atoms with E-state index in [4.69, 9.17) is 5.11 Å². The van der Waals surface area contributed by atoms with Crippen LogP contribution in [0.3, 0.4) is 0 Å². The van der Waals surface area contributed by atoms with Gasteiger partial charge in [-0.1, -0.05) is 0 Å². The quantitative estimate of drug-likeness (QED) is 0.724. The van der Waals surface area contributed by atoms with Crippen molar-refractivity contribution in [2.24, 2.45) is 7.05 Å². The zero-order valence-electron chi connectivity index (χ0n) is 7.21. The van der Waals surface area contributed by atoms with Crippen molar-refractivity contribution >= 4 is 0 Å². The molecule has 0 atom stereocenters. The maximum absolute atomic E-state index is 12.3. The van der Waals surface area contributed by atoms with Gasteiger partial charge in [-0.3, -0.25) is 4.79 Å². The number of nitrogens with zero attached hydrogens (tertiary/aromatic N) is 1. The topological polar surface area (TPSA) is 42.2 Å². The Morgan fingerprint density at radius 1 is 1.54 bits per heavy atom. The Morgan fingerprint density at radius 3 is 2.54 bits per heavy atom. The summed E-state index contributed by atoms with van der Waals surface area (Å²) in [7, 11) is 1.37. The lowest BCUT2D eigenvalue weighted by Gasteiger charge is -2.11. The molecule has 1 aromatic rings. The average Bonchev–Trinajstić information content (AvgIpc) is 2.01. The van der Waals surface area contributed by atoms with Gasteiger partial charge in [-0.25, -0.2) is 8.78 Å². The first kappa shape index (κ1) is 9.70. The summed E-state index contributed by atoms with van der Waals surface area (Å²) in [5, 5.41) is 9.06. The maximum Gasteiger partial charge on any atom is 0.282 e. The number of alkyl halides is 2. The van der Waals surface area contributed by atoms with Crippen molar-refractivity contribution in [3.05, 3.63) is 27.7 Å². The fourth-order valence-corrected chi connectivity index (χ4v) is 1.08. The molecule has 72 valence electrons. The third-order valence-corrected chi connectivity index (χ3v) is 1.91. The molecule has 3 nitrogen and oxygen atoms in total. The van der Waals surface area contributed by atoms with Gasteiger partial charge in [0.2, 0.25) is 5.43 Å². The van der Waals surface area contributed by atoms with E-state index in [1.807, 2.05) is 0 Å². The fourth-order valence-electron chi connectivity index (χ4n) is 1.08. The molecule has 0 fully saturated rings. The molecule has 0 aliphatic carbocycles. The second kappa shape index (κ2) is 3.16. The molecule has 1 rings (SSSR count). The zero-order valence-corrected chi connectivity index (χ0v) is 7.21. The number of pyridine rings is 1. The van der Waals surface area contributed by atoms with Crippen LogP contribution >= 0.6 is 0 Å². The van der Waals surface area contributed by atoms with Crippen LogP contribution in [0.15, 0.2) is 10.9 Å². The van der Waals surface area contributed by atoms with Gasteiger partial charge in [0, 0.05) is 18.8 Å². The summed E-state index contributed by atoms with van der Waals surface area (Å²) in [4.78, 5) is 10.9. The smallest absolute Gasteiger partial charge is 0.282 e. The summed E-state index contributed by atoms with van der Waals surface area (Å²) in [6.45, 7) is 1.52. The molecule has 0 spiro atoms. The van der Waals surface area contributed by atoms with Crippen LogP contribution in [-0.4, -0.2) is 9.67 Å². The molecular weight excluding hydrogens is 180 g/mol. The molecule has 0 unspecified atom stereocenters. The van der Waals surface area contributed by atoms with Crippen LogP contribution in [0.2, 0.25) is 0 Å². The van der Waals surface area contributed by atoms with Gasteiger partial charge in [0.15, 0.2) is 5.75 Å². The van der Waals surface area contributed by atoms with Crippen LogP contribution in [0.25, 0.3) is 0 Å². The molecule has 0 amide bonds. The Hall–Kier alpha value is -1.39. The predicted octanol–water partition coefficient (Wildman–Crippen LogP) is 1.34. The summed E-state index contributed by atoms with van der Waals surface area (Å²) < 4.78 is 25.8. The highest BCUT2D eigenvalue weighted by atomic mass is 19.3. The third kappa shape index (κ3) is 1.54. The minimum Gasteiger partial charge on any atom is -0.503 e. The van der Waals surface area contributed by atoms with Crippen molar-refractivity contribution in [1.29, 1.82) is 0 Å². The van der Waals surface area contributed by atoms with Crippen molar-refractivity contribution in [1.82, 2.24) is 4.57 Å². The van der Waals surface area contributed by atoms with Crippen molar-refractivity contribution < 1.29 is 13.9 Å². The standard InChI is InChI=1S/C8H9F2NO2/c1-4-3-5(12)7(13)6(8(9)10)11(4)2/h3,8,13H,1-2H3. The molecule has 0 aliphatic rings. The Kier molecular flexibility index (Phi) is 2.36. The average molecular weight is 189 g/mol. The summed E-state index contributed by atoms with van der Waals surface area (Å²) in [5.74, 6) is -0.872. The monoisotopic (exact) mass is 189 g/mol. The van der Waals surface area contributed by atoms with E-state index in [2.05, 4.69) is 0 Å². The van der Waals surface area contributed by atoms with Gasteiger partial charge in [-0.15, -0.1) is 0 Å². The SMILES string of the molecule is Cc1cc(=O)c(O)c(C(F)F)n1C. The number of rotatable bonds is 1. The number of hydrogen-bond donors (Lipinski definition) is 1. The first-order valence-corrected chi connectivity index (χ1v) is 3.62. The van der Waals surface area contributed by atoms with Crippen molar-refractivity contribution in [3.8, 4) is 5.75 Å². The number of aromatic nitrogens is 1. The van der Waals surface area contributed by atoms with Gasteiger partial charge in [0.1, 0.15) is 5.69 Å². The van der Waals surface area contributed by atoms with Gasteiger partial charge >= 0.3 is 0 Å². The largest absolute Gasteiger partial charge is 0.503 e. The molecule has 0 aliphatic heterocycles. The van der Waals surface area contributed by atoms with E-state index in [1.54, 1.807) is 0 Å². The Balaban J connectivity index is 3.56.